The smallest absolute Gasteiger partial charge is 0.310 e. The van der Waals surface area contributed by atoms with E-state index >= 15 is 0 Å². The number of amides is 2. The van der Waals surface area contributed by atoms with E-state index in [0.717, 1.165) is 0 Å². The van der Waals surface area contributed by atoms with Crippen LogP contribution in [0.4, 0.5) is 17.1 Å². The number of hydrogen-bond acceptors (Lipinski definition) is 5. The number of rotatable bonds is 7. The van der Waals surface area contributed by atoms with E-state index in [9.17, 15) is 19.7 Å². The van der Waals surface area contributed by atoms with Crippen LogP contribution < -0.4 is 15.4 Å². The van der Waals surface area contributed by atoms with Crippen molar-refractivity contribution in [2.24, 2.45) is 5.92 Å². The normalized spacial score (nSPS) is 10.3. The third-order valence-electron chi connectivity index (χ3n) is 3.38. The number of hydrogen-bond donors (Lipinski definition) is 2. The second-order valence-corrected chi connectivity index (χ2v) is 5.78. The van der Waals surface area contributed by atoms with Crippen LogP contribution in [0, 0.1) is 16.0 Å². The van der Waals surface area contributed by atoms with Crippen LogP contribution in [0.15, 0.2) is 48.5 Å². The van der Waals surface area contributed by atoms with Crippen LogP contribution in [0.3, 0.4) is 0 Å². The Bertz CT molecular complexity index is 803. The van der Waals surface area contributed by atoms with Crippen molar-refractivity contribution in [3.8, 4) is 5.75 Å². The van der Waals surface area contributed by atoms with Gasteiger partial charge in [-0.1, -0.05) is 26.0 Å². The van der Waals surface area contributed by atoms with Crippen LogP contribution in [-0.4, -0.2) is 23.3 Å². The number of benzene rings is 2. The number of para-hydroxylation sites is 2. The van der Waals surface area contributed by atoms with Crippen LogP contribution in [0.1, 0.15) is 13.8 Å². The fraction of sp³-hybridized carbons (Fsp3) is 0.222. The lowest BCUT2D eigenvalue weighted by Crippen LogP contribution is -2.20. The molecule has 0 bridgehead atoms. The molecule has 2 aromatic rings. The maximum absolute atomic E-state index is 11.9. The van der Waals surface area contributed by atoms with Crippen molar-refractivity contribution in [3.05, 3.63) is 58.6 Å². The zero-order valence-corrected chi connectivity index (χ0v) is 14.4. The first-order valence-corrected chi connectivity index (χ1v) is 7.94. The topological polar surface area (TPSA) is 111 Å². The van der Waals surface area contributed by atoms with Gasteiger partial charge >= 0.3 is 5.69 Å². The zero-order chi connectivity index (χ0) is 19.1. The molecule has 0 radical (unpaired) electrons. The number of anilines is 2. The summed E-state index contributed by atoms with van der Waals surface area (Å²) in [7, 11) is 0. The van der Waals surface area contributed by atoms with Crippen molar-refractivity contribution in [1.29, 1.82) is 0 Å². The summed E-state index contributed by atoms with van der Waals surface area (Å²) in [6.07, 6.45) is 0. The molecule has 8 heteroatoms. The number of carbonyl (C=O) groups is 2. The fourth-order valence-corrected chi connectivity index (χ4v) is 1.99. The Hall–Kier alpha value is -3.42. The third-order valence-corrected chi connectivity index (χ3v) is 3.38. The summed E-state index contributed by atoms with van der Waals surface area (Å²) in [5, 5.41) is 16.3. The molecular weight excluding hydrogens is 338 g/mol. The summed E-state index contributed by atoms with van der Waals surface area (Å²) in [6, 6.07) is 12.4. The molecule has 2 rings (SSSR count). The first-order chi connectivity index (χ1) is 12.4. The minimum atomic E-state index is -0.572. The average Bonchev–Trinajstić information content (AvgIpc) is 2.61. The second-order valence-electron chi connectivity index (χ2n) is 5.78. The standard InChI is InChI=1S/C18H19N3O5/c1-12(2)18(23)20-14-9-7-13(8-10-14)19-17(22)11-26-16-6-4-3-5-15(16)21(24)25/h3-10,12H,11H2,1-2H3,(H,19,22)(H,20,23). The quantitative estimate of drug-likeness (QED) is 0.584. The van der Waals surface area contributed by atoms with Gasteiger partial charge in [0.15, 0.2) is 12.4 Å². The lowest BCUT2D eigenvalue weighted by atomic mass is 10.2. The lowest BCUT2D eigenvalue weighted by molar-refractivity contribution is -0.385. The van der Waals surface area contributed by atoms with Gasteiger partial charge in [0.05, 0.1) is 4.92 Å². The second kappa shape index (κ2) is 8.61. The van der Waals surface area contributed by atoms with Gasteiger partial charge in [-0.05, 0) is 30.3 Å². The predicted molar refractivity (Wildman–Crippen MR) is 97.1 cm³/mol. The summed E-state index contributed by atoms with van der Waals surface area (Å²) in [5.41, 5.74) is 0.937. The number of carbonyl (C=O) groups excluding carboxylic acids is 2. The van der Waals surface area contributed by atoms with Crippen molar-refractivity contribution < 1.29 is 19.2 Å². The molecule has 0 aliphatic rings. The molecule has 0 fully saturated rings. The van der Waals surface area contributed by atoms with Gasteiger partial charge in [-0.15, -0.1) is 0 Å². The van der Waals surface area contributed by atoms with Gasteiger partial charge in [0.1, 0.15) is 0 Å². The molecule has 0 aromatic heterocycles. The van der Waals surface area contributed by atoms with E-state index in [1.807, 2.05) is 0 Å². The summed E-state index contributed by atoms with van der Waals surface area (Å²) >= 11 is 0. The zero-order valence-electron chi connectivity index (χ0n) is 14.4. The third kappa shape index (κ3) is 5.30. The van der Waals surface area contributed by atoms with Crippen LogP contribution in [0.2, 0.25) is 0 Å². The van der Waals surface area contributed by atoms with Gasteiger partial charge in [0.25, 0.3) is 5.91 Å². The molecule has 8 nitrogen and oxygen atoms in total. The summed E-state index contributed by atoms with van der Waals surface area (Å²) in [4.78, 5) is 33.9. The summed E-state index contributed by atoms with van der Waals surface area (Å²) in [6.45, 7) is 3.22. The molecule has 2 amide bonds. The highest BCUT2D eigenvalue weighted by molar-refractivity contribution is 5.94. The highest BCUT2D eigenvalue weighted by Gasteiger charge is 2.15. The minimum Gasteiger partial charge on any atom is -0.477 e. The molecule has 136 valence electrons. The van der Waals surface area contributed by atoms with E-state index in [1.165, 1.54) is 18.2 Å². The average molecular weight is 357 g/mol. The molecule has 0 saturated heterocycles. The van der Waals surface area contributed by atoms with Crippen LogP contribution in [0.25, 0.3) is 0 Å². The SMILES string of the molecule is CC(C)C(=O)Nc1ccc(NC(=O)COc2ccccc2[N+](=O)[O-])cc1. The maximum atomic E-state index is 11.9. The van der Waals surface area contributed by atoms with Gasteiger partial charge < -0.3 is 15.4 Å². The van der Waals surface area contributed by atoms with Crippen LogP contribution in [0.5, 0.6) is 5.75 Å². The van der Waals surface area contributed by atoms with Crippen molar-refractivity contribution in [2.75, 3.05) is 17.2 Å². The molecule has 0 atom stereocenters. The van der Waals surface area contributed by atoms with Crippen molar-refractivity contribution in [3.63, 3.8) is 0 Å². The van der Waals surface area contributed by atoms with Crippen molar-refractivity contribution >= 4 is 28.9 Å². The molecular formula is C18H19N3O5. The molecule has 0 unspecified atom stereocenters. The van der Waals surface area contributed by atoms with E-state index in [4.69, 9.17) is 4.74 Å². The Morgan fingerprint density at radius 2 is 1.62 bits per heavy atom. The molecule has 2 aromatic carbocycles. The first-order valence-electron chi connectivity index (χ1n) is 7.94. The minimum absolute atomic E-state index is 0.0272. The van der Waals surface area contributed by atoms with Gasteiger partial charge in [-0.3, -0.25) is 19.7 Å². The Kier molecular flexibility index (Phi) is 6.26. The maximum Gasteiger partial charge on any atom is 0.310 e. The van der Waals surface area contributed by atoms with Gasteiger partial charge in [0, 0.05) is 23.4 Å². The predicted octanol–water partition coefficient (Wildman–Crippen LogP) is 3.21. The Labute approximate surface area is 150 Å². The number of nitrogens with zero attached hydrogens (tertiary/aromatic N) is 1. The monoisotopic (exact) mass is 357 g/mol. The number of nitrogens with one attached hydrogen (secondary N) is 2. The van der Waals surface area contributed by atoms with Crippen LogP contribution >= 0.6 is 0 Å². The molecule has 0 spiro atoms. The Balaban J connectivity index is 1.90. The molecule has 0 heterocycles. The Morgan fingerprint density at radius 3 is 2.19 bits per heavy atom. The molecule has 0 aliphatic heterocycles. The number of nitro groups is 1. The van der Waals surface area contributed by atoms with Crippen molar-refractivity contribution in [2.45, 2.75) is 13.8 Å². The van der Waals surface area contributed by atoms with Gasteiger partial charge in [0.2, 0.25) is 5.91 Å². The number of nitro benzene ring substituents is 1. The number of ether oxygens (including phenoxy) is 1. The lowest BCUT2D eigenvalue weighted by Gasteiger charge is -2.10. The highest BCUT2D eigenvalue weighted by Crippen LogP contribution is 2.25. The van der Waals surface area contributed by atoms with E-state index in [2.05, 4.69) is 10.6 Å². The fourth-order valence-electron chi connectivity index (χ4n) is 1.99. The van der Waals surface area contributed by atoms with E-state index in [1.54, 1.807) is 44.2 Å². The summed E-state index contributed by atoms with van der Waals surface area (Å²) < 4.78 is 5.22. The molecule has 0 saturated carbocycles. The molecule has 26 heavy (non-hydrogen) atoms. The van der Waals surface area contributed by atoms with Gasteiger partial charge in [-0.2, -0.15) is 0 Å². The first kappa shape index (κ1) is 18.9. The molecule has 0 aliphatic carbocycles. The summed E-state index contributed by atoms with van der Waals surface area (Å²) in [5.74, 6) is -0.658. The van der Waals surface area contributed by atoms with Gasteiger partial charge in [-0.25, -0.2) is 0 Å². The van der Waals surface area contributed by atoms with Crippen molar-refractivity contribution in [1.82, 2.24) is 0 Å². The van der Waals surface area contributed by atoms with Crippen LogP contribution in [-0.2, 0) is 9.59 Å². The molecule has 2 N–H and O–H groups in total. The Morgan fingerprint density at radius 1 is 1.04 bits per heavy atom. The van der Waals surface area contributed by atoms with E-state index in [-0.39, 0.29) is 29.9 Å². The highest BCUT2D eigenvalue weighted by atomic mass is 16.6. The van der Waals surface area contributed by atoms with E-state index in [0.29, 0.717) is 11.4 Å². The van der Waals surface area contributed by atoms with E-state index < -0.39 is 10.8 Å². The largest absolute Gasteiger partial charge is 0.477 e.